The minimum atomic E-state index is 0. The van der Waals surface area contributed by atoms with E-state index in [1.54, 1.807) is 6.07 Å². The van der Waals surface area contributed by atoms with Crippen LogP contribution in [0.25, 0.3) is 11.4 Å². The van der Waals surface area contributed by atoms with E-state index in [-0.39, 0.29) is 5.48 Å². The molecule has 0 unspecified atom stereocenters. The first-order valence-electron chi connectivity index (χ1n) is 3.46. The van der Waals surface area contributed by atoms with Crippen molar-refractivity contribution in [3.8, 4) is 11.4 Å². The summed E-state index contributed by atoms with van der Waals surface area (Å²) in [6.07, 6.45) is 0. The maximum atomic E-state index is 5.69. The van der Waals surface area contributed by atoms with Crippen molar-refractivity contribution in [2.24, 2.45) is 0 Å². The third kappa shape index (κ3) is 1.62. The highest BCUT2D eigenvalue weighted by molar-refractivity contribution is 5.70. The molecule has 0 aliphatic rings. The largest absolute Gasteiger partial charge is 0.412 e. The van der Waals surface area contributed by atoms with E-state index in [2.05, 4.69) is 20.6 Å². The first-order chi connectivity index (χ1) is 5.88. The van der Waals surface area contributed by atoms with Gasteiger partial charge in [-0.25, -0.2) is 0 Å². The predicted octanol–water partition coefficient (Wildman–Crippen LogP) is -0.376. The van der Waals surface area contributed by atoms with Crippen LogP contribution in [0.4, 0.5) is 5.69 Å². The summed E-state index contributed by atoms with van der Waals surface area (Å²) in [4.78, 5) is 0. The van der Waals surface area contributed by atoms with Crippen LogP contribution in [0.5, 0.6) is 0 Å². The summed E-state index contributed by atoms with van der Waals surface area (Å²) in [5.74, 6) is 0.521. The van der Waals surface area contributed by atoms with Crippen LogP contribution in [0.1, 0.15) is 0 Å². The summed E-state index contributed by atoms with van der Waals surface area (Å²) in [6, 6.07) is 7.38. The summed E-state index contributed by atoms with van der Waals surface area (Å²) < 4.78 is 0. The first kappa shape index (κ1) is 9.14. The topological polar surface area (TPSA) is 112 Å². The third-order valence-electron chi connectivity index (χ3n) is 1.55. The van der Waals surface area contributed by atoms with Crippen LogP contribution in [0.15, 0.2) is 24.3 Å². The SMILES string of the molecule is Nc1ccccc1-c1nn[nH]n1.O. The van der Waals surface area contributed by atoms with Gasteiger partial charge in [0.15, 0.2) is 0 Å². The molecule has 68 valence electrons. The highest BCUT2D eigenvalue weighted by Gasteiger charge is 2.04. The molecule has 2 aromatic rings. The van der Waals surface area contributed by atoms with Gasteiger partial charge in [0.2, 0.25) is 5.82 Å². The Morgan fingerprint density at radius 1 is 1.23 bits per heavy atom. The summed E-state index contributed by atoms with van der Waals surface area (Å²) in [7, 11) is 0. The zero-order valence-electron chi connectivity index (χ0n) is 6.73. The van der Waals surface area contributed by atoms with Crippen LogP contribution >= 0.6 is 0 Å². The Kier molecular flexibility index (Phi) is 2.56. The second kappa shape index (κ2) is 3.63. The zero-order chi connectivity index (χ0) is 8.39. The molecule has 2 rings (SSSR count). The van der Waals surface area contributed by atoms with Crippen molar-refractivity contribution < 1.29 is 5.48 Å². The maximum Gasteiger partial charge on any atom is 0.206 e. The number of nitrogens with one attached hydrogen (secondary N) is 1. The Morgan fingerprint density at radius 2 is 2.00 bits per heavy atom. The molecule has 0 saturated carbocycles. The number of aromatic amines is 1. The molecule has 1 aromatic heterocycles. The molecule has 1 aromatic carbocycles. The molecule has 5 N–H and O–H groups in total. The van der Waals surface area contributed by atoms with Crippen molar-refractivity contribution in [2.75, 3.05) is 5.73 Å². The number of hydrogen-bond acceptors (Lipinski definition) is 4. The number of tetrazole rings is 1. The van der Waals surface area contributed by atoms with Gasteiger partial charge in [-0.05, 0) is 17.3 Å². The van der Waals surface area contributed by atoms with Crippen molar-refractivity contribution in [2.45, 2.75) is 0 Å². The highest BCUT2D eigenvalue weighted by Crippen LogP contribution is 2.19. The van der Waals surface area contributed by atoms with Gasteiger partial charge in [-0.2, -0.15) is 5.21 Å². The zero-order valence-corrected chi connectivity index (χ0v) is 6.73. The molecule has 0 radical (unpaired) electrons. The molecule has 0 amide bonds. The van der Waals surface area contributed by atoms with E-state index < -0.39 is 0 Å². The second-order valence-electron chi connectivity index (χ2n) is 2.32. The van der Waals surface area contributed by atoms with E-state index in [0.717, 1.165) is 5.56 Å². The predicted molar refractivity (Wildman–Crippen MR) is 47.6 cm³/mol. The fourth-order valence-electron chi connectivity index (χ4n) is 0.977. The minimum absolute atomic E-state index is 0. The van der Waals surface area contributed by atoms with Crippen molar-refractivity contribution >= 4 is 5.69 Å². The van der Waals surface area contributed by atoms with Gasteiger partial charge < -0.3 is 11.2 Å². The van der Waals surface area contributed by atoms with Gasteiger partial charge in [-0.3, -0.25) is 0 Å². The number of benzene rings is 1. The quantitative estimate of drug-likeness (QED) is 0.581. The van der Waals surface area contributed by atoms with Crippen molar-refractivity contribution in [3.63, 3.8) is 0 Å². The molecule has 0 saturated heterocycles. The number of hydrogen-bond donors (Lipinski definition) is 2. The first-order valence-corrected chi connectivity index (χ1v) is 3.46. The van der Waals surface area contributed by atoms with E-state index >= 15 is 0 Å². The molecule has 0 spiro atoms. The standard InChI is InChI=1S/C7H7N5.H2O/c8-6-4-2-1-3-5(6)7-9-11-12-10-7;/h1-4H,8H2,(H,9,10,11,12);1H2. The van der Waals surface area contributed by atoms with E-state index in [9.17, 15) is 0 Å². The molecule has 0 atom stereocenters. The van der Waals surface area contributed by atoms with Crippen molar-refractivity contribution in [3.05, 3.63) is 24.3 Å². The second-order valence-corrected chi connectivity index (χ2v) is 2.32. The van der Waals surface area contributed by atoms with Gasteiger partial charge in [0, 0.05) is 11.3 Å². The number of rotatable bonds is 1. The Balaban J connectivity index is 0.000000845. The molecule has 6 nitrogen and oxygen atoms in total. The summed E-state index contributed by atoms with van der Waals surface area (Å²) in [5.41, 5.74) is 7.14. The summed E-state index contributed by atoms with van der Waals surface area (Å²) in [6.45, 7) is 0. The molecule has 13 heavy (non-hydrogen) atoms. The highest BCUT2D eigenvalue weighted by atomic mass is 16.0. The fourth-order valence-corrected chi connectivity index (χ4v) is 0.977. The molecule has 1 heterocycles. The van der Waals surface area contributed by atoms with Gasteiger partial charge in [-0.15, -0.1) is 10.2 Å². The van der Waals surface area contributed by atoms with Crippen LogP contribution in [0, 0.1) is 0 Å². The van der Waals surface area contributed by atoms with E-state index in [1.165, 1.54) is 0 Å². The lowest BCUT2D eigenvalue weighted by atomic mass is 10.2. The Morgan fingerprint density at radius 3 is 2.62 bits per heavy atom. The minimum Gasteiger partial charge on any atom is -0.412 e. The molecular weight excluding hydrogens is 170 g/mol. The number of nitrogens with zero attached hydrogens (tertiary/aromatic N) is 3. The lowest BCUT2D eigenvalue weighted by Gasteiger charge is -1.97. The van der Waals surface area contributed by atoms with E-state index in [4.69, 9.17) is 5.73 Å². The average molecular weight is 179 g/mol. The number of H-pyrrole nitrogens is 1. The molecule has 0 aliphatic carbocycles. The number of nitrogen functional groups attached to an aromatic ring is 1. The van der Waals surface area contributed by atoms with Gasteiger partial charge in [0.05, 0.1) is 0 Å². The normalized spacial score (nSPS) is 9.23. The third-order valence-corrected chi connectivity index (χ3v) is 1.55. The van der Waals surface area contributed by atoms with Crippen LogP contribution < -0.4 is 5.73 Å². The Bertz CT molecular complexity index is 372. The summed E-state index contributed by atoms with van der Waals surface area (Å²) >= 11 is 0. The number of para-hydroxylation sites is 1. The van der Waals surface area contributed by atoms with Gasteiger partial charge in [0.1, 0.15) is 0 Å². The number of aromatic nitrogens is 4. The molecule has 0 aliphatic heterocycles. The molecule has 0 bridgehead atoms. The fraction of sp³-hybridized carbons (Fsp3) is 0. The van der Waals surface area contributed by atoms with Gasteiger partial charge in [0.25, 0.3) is 0 Å². The van der Waals surface area contributed by atoms with Crippen molar-refractivity contribution in [1.29, 1.82) is 0 Å². The Hall–Kier alpha value is -1.95. The molecule has 0 fully saturated rings. The van der Waals surface area contributed by atoms with Crippen LogP contribution in [-0.4, -0.2) is 26.1 Å². The average Bonchev–Trinajstić information content (AvgIpc) is 2.57. The lowest BCUT2D eigenvalue weighted by molar-refractivity contribution is 0.824. The van der Waals surface area contributed by atoms with Crippen LogP contribution in [-0.2, 0) is 0 Å². The van der Waals surface area contributed by atoms with Crippen molar-refractivity contribution in [1.82, 2.24) is 20.6 Å². The van der Waals surface area contributed by atoms with Crippen LogP contribution in [0.2, 0.25) is 0 Å². The smallest absolute Gasteiger partial charge is 0.206 e. The van der Waals surface area contributed by atoms with Gasteiger partial charge >= 0.3 is 0 Å². The van der Waals surface area contributed by atoms with E-state index in [0.29, 0.717) is 11.5 Å². The number of anilines is 1. The number of nitrogens with two attached hydrogens (primary N) is 1. The Labute approximate surface area is 74.1 Å². The van der Waals surface area contributed by atoms with E-state index in [1.807, 2.05) is 18.2 Å². The van der Waals surface area contributed by atoms with Crippen LogP contribution in [0.3, 0.4) is 0 Å². The monoisotopic (exact) mass is 179 g/mol. The van der Waals surface area contributed by atoms with Gasteiger partial charge in [-0.1, -0.05) is 12.1 Å². The molecule has 6 heteroatoms. The molecular formula is C7H9N5O. The lowest BCUT2D eigenvalue weighted by Crippen LogP contribution is -1.90. The maximum absolute atomic E-state index is 5.69. The summed E-state index contributed by atoms with van der Waals surface area (Å²) in [5, 5.41) is 13.5.